The molecule has 2 amide bonds. The second-order valence-corrected chi connectivity index (χ2v) is 5.59. The van der Waals surface area contributed by atoms with Crippen LogP contribution in [0.1, 0.15) is 31.4 Å². The van der Waals surface area contributed by atoms with E-state index in [0.29, 0.717) is 6.54 Å². The molecule has 2 N–H and O–H groups in total. The van der Waals surface area contributed by atoms with Crippen molar-refractivity contribution < 1.29 is 9.59 Å². The van der Waals surface area contributed by atoms with Gasteiger partial charge in [0.2, 0.25) is 11.8 Å². The molecule has 1 aliphatic heterocycles. The topological polar surface area (TPSA) is 74.3 Å². The highest BCUT2D eigenvalue weighted by Gasteiger charge is 2.42. The van der Waals surface area contributed by atoms with E-state index in [2.05, 4.69) is 22.5 Å². The van der Waals surface area contributed by atoms with Crippen molar-refractivity contribution in [3.63, 3.8) is 0 Å². The van der Waals surface area contributed by atoms with Crippen molar-refractivity contribution >= 4 is 36.6 Å². The summed E-state index contributed by atoms with van der Waals surface area (Å²) in [6, 6.07) is 3.51. The molecule has 2 atom stereocenters. The molecule has 1 aromatic rings. The van der Waals surface area contributed by atoms with Crippen molar-refractivity contribution in [2.45, 2.75) is 25.8 Å². The molecule has 136 valence electrons. The fourth-order valence-corrected chi connectivity index (χ4v) is 2.82. The highest BCUT2D eigenvalue weighted by molar-refractivity contribution is 5.90. The fourth-order valence-electron chi connectivity index (χ4n) is 2.82. The number of amides is 2. The van der Waals surface area contributed by atoms with E-state index in [9.17, 15) is 9.59 Å². The summed E-state index contributed by atoms with van der Waals surface area (Å²) in [5.41, 5.74) is 0.903. The van der Waals surface area contributed by atoms with Gasteiger partial charge in [-0.15, -0.1) is 24.8 Å². The summed E-state index contributed by atoms with van der Waals surface area (Å²) in [6.07, 6.45) is 4.74. The number of nitrogens with one attached hydrogen (secondary N) is 2. The van der Waals surface area contributed by atoms with Crippen molar-refractivity contribution in [3.8, 4) is 0 Å². The summed E-state index contributed by atoms with van der Waals surface area (Å²) in [5, 5.41) is 6.16. The van der Waals surface area contributed by atoms with Crippen LogP contribution >= 0.6 is 24.8 Å². The number of likely N-dealkylation sites (tertiary alicyclic amines) is 1. The molecule has 0 aromatic carbocycles. The summed E-state index contributed by atoms with van der Waals surface area (Å²) in [4.78, 5) is 30.2. The number of rotatable bonds is 7. The van der Waals surface area contributed by atoms with Crippen LogP contribution in [-0.2, 0) is 9.59 Å². The molecule has 0 spiro atoms. The highest BCUT2D eigenvalue weighted by Crippen LogP contribution is 2.36. The summed E-state index contributed by atoms with van der Waals surface area (Å²) in [7, 11) is 1.75. The van der Waals surface area contributed by atoms with Crippen molar-refractivity contribution in [2.75, 3.05) is 26.7 Å². The Hall–Kier alpha value is -1.37. The fraction of sp³-hybridized carbons (Fsp3) is 0.562. The summed E-state index contributed by atoms with van der Waals surface area (Å²) in [5.74, 6) is -0.421. The average molecular weight is 377 g/mol. The largest absolute Gasteiger partial charge is 0.354 e. The van der Waals surface area contributed by atoms with Crippen LogP contribution in [0.15, 0.2) is 24.5 Å². The van der Waals surface area contributed by atoms with Crippen LogP contribution in [0.2, 0.25) is 0 Å². The number of pyridine rings is 1. The van der Waals surface area contributed by atoms with Crippen LogP contribution in [0.5, 0.6) is 0 Å². The van der Waals surface area contributed by atoms with Crippen LogP contribution < -0.4 is 10.6 Å². The number of nitrogens with zero attached hydrogens (tertiary/aromatic N) is 2. The molecule has 0 radical (unpaired) electrons. The van der Waals surface area contributed by atoms with Crippen LogP contribution in [0.3, 0.4) is 0 Å². The van der Waals surface area contributed by atoms with Crippen molar-refractivity contribution in [3.05, 3.63) is 30.1 Å². The quantitative estimate of drug-likeness (QED) is 0.708. The van der Waals surface area contributed by atoms with Gasteiger partial charge in [0.15, 0.2) is 0 Å². The van der Waals surface area contributed by atoms with Gasteiger partial charge < -0.3 is 15.5 Å². The van der Waals surface area contributed by atoms with E-state index in [1.54, 1.807) is 24.3 Å². The van der Waals surface area contributed by atoms with E-state index in [1.807, 2.05) is 12.1 Å². The molecule has 24 heavy (non-hydrogen) atoms. The number of halogens is 2. The van der Waals surface area contributed by atoms with Crippen LogP contribution in [0.25, 0.3) is 0 Å². The summed E-state index contributed by atoms with van der Waals surface area (Å²) in [6.45, 7) is 4.36. The van der Waals surface area contributed by atoms with Crippen molar-refractivity contribution in [1.29, 1.82) is 0 Å². The van der Waals surface area contributed by atoms with Crippen molar-refractivity contribution in [1.82, 2.24) is 20.5 Å². The maximum absolute atomic E-state index is 12.4. The van der Waals surface area contributed by atoms with Gasteiger partial charge in [0, 0.05) is 39.0 Å². The van der Waals surface area contributed by atoms with Crippen molar-refractivity contribution in [2.24, 2.45) is 5.92 Å². The lowest BCUT2D eigenvalue weighted by atomic mass is 9.94. The monoisotopic (exact) mass is 376 g/mol. The smallest absolute Gasteiger partial charge is 0.226 e. The maximum Gasteiger partial charge on any atom is 0.226 e. The molecule has 2 rings (SSSR count). The van der Waals surface area contributed by atoms with Crippen LogP contribution in [0, 0.1) is 5.92 Å². The third kappa shape index (κ3) is 5.61. The average Bonchev–Trinajstić information content (AvgIpc) is 2.83. The Labute approximate surface area is 155 Å². The lowest BCUT2D eigenvalue weighted by Crippen LogP contribution is -2.38. The molecular formula is C16H26Cl2N4O2. The van der Waals surface area contributed by atoms with Crippen LogP contribution in [0.4, 0.5) is 0 Å². The molecule has 1 aliphatic rings. The molecule has 1 aromatic heterocycles. The molecule has 1 fully saturated rings. The minimum absolute atomic E-state index is 0. The Morgan fingerprint density at radius 1 is 1.33 bits per heavy atom. The van der Waals surface area contributed by atoms with E-state index in [0.717, 1.165) is 25.1 Å². The van der Waals surface area contributed by atoms with Gasteiger partial charge in [-0.1, -0.05) is 13.0 Å². The molecule has 2 heterocycles. The lowest BCUT2D eigenvalue weighted by Gasteiger charge is -2.24. The van der Waals surface area contributed by atoms with Crippen LogP contribution in [-0.4, -0.2) is 48.4 Å². The van der Waals surface area contributed by atoms with Gasteiger partial charge in [-0.3, -0.25) is 14.6 Å². The van der Waals surface area contributed by atoms with Gasteiger partial charge in [-0.25, -0.2) is 0 Å². The first-order valence-electron chi connectivity index (χ1n) is 7.79. The first-order chi connectivity index (χ1) is 10.6. The standard InChI is InChI=1S/C16H24N4O2.2ClH/c1-3-6-17-8-9-19-16(22)13-10-14(21)20(2)15(13)12-5-4-7-18-11-12;;/h4-5,7,11,13,15,17H,3,6,8-10H2,1-2H3,(H,19,22);2*1H. The van der Waals surface area contributed by atoms with Gasteiger partial charge in [0.05, 0.1) is 12.0 Å². The summed E-state index contributed by atoms with van der Waals surface area (Å²) < 4.78 is 0. The third-order valence-corrected chi connectivity index (χ3v) is 3.98. The zero-order valence-electron chi connectivity index (χ0n) is 14.0. The number of carbonyl (C=O) groups excluding carboxylic acids is 2. The first-order valence-corrected chi connectivity index (χ1v) is 7.79. The number of hydrogen-bond acceptors (Lipinski definition) is 4. The van der Waals surface area contributed by atoms with E-state index in [-0.39, 0.29) is 55.0 Å². The Morgan fingerprint density at radius 3 is 2.71 bits per heavy atom. The minimum atomic E-state index is -0.354. The SMILES string of the molecule is CCCNCCNC(=O)C1CC(=O)N(C)C1c1cccnc1.Cl.Cl. The summed E-state index contributed by atoms with van der Waals surface area (Å²) >= 11 is 0. The zero-order valence-corrected chi connectivity index (χ0v) is 15.7. The molecule has 2 unspecified atom stereocenters. The molecule has 6 nitrogen and oxygen atoms in total. The molecule has 8 heteroatoms. The molecule has 0 aliphatic carbocycles. The number of aromatic nitrogens is 1. The molecule has 1 saturated heterocycles. The van der Waals surface area contributed by atoms with E-state index in [4.69, 9.17) is 0 Å². The maximum atomic E-state index is 12.4. The van der Waals surface area contributed by atoms with E-state index in [1.165, 1.54) is 0 Å². The van der Waals surface area contributed by atoms with Gasteiger partial charge in [-0.2, -0.15) is 0 Å². The Bertz CT molecular complexity index is 516. The van der Waals surface area contributed by atoms with Gasteiger partial charge in [0.1, 0.15) is 0 Å². The second kappa shape index (κ2) is 11.2. The third-order valence-electron chi connectivity index (χ3n) is 3.98. The molecule has 0 bridgehead atoms. The number of hydrogen-bond donors (Lipinski definition) is 2. The van der Waals surface area contributed by atoms with Gasteiger partial charge in [0.25, 0.3) is 0 Å². The Kier molecular flexibility index (Phi) is 10.6. The van der Waals surface area contributed by atoms with E-state index >= 15 is 0 Å². The second-order valence-electron chi connectivity index (χ2n) is 5.59. The molecule has 0 saturated carbocycles. The Morgan fingerprint density at radius 2 is 2.08 bits per heavy atom. The Balaban J connectivity index is 0.00000264. The first kappa shape index (κ1) is 22.6. The van der Waals surface area contributed by atoms with Gasteiger partial charge >= 0.3 is 0 Å². The molecular weight excluding hydrogens is 351 g/mol. The predicted molar refractivity (Wildman–Crippen MR) is 98.5 cm³/mol. The van der Waals surface area contributed by atoms with E-state index < -0.39 is 0 Å². The van der Waals surface area contributed by atoms with Gasteiger partial charge in [-0.05, 0) is 24.6 Å². The zero-order chi connectivity index (χ0) is 15.9. The number of carbonyl (C=O) groups is 2. The normalized spacial score (nSPS) is 19.4. The minimum Gasteiger partial charge on any atom is -0.354 e. The lowest BCUT2D eigenvalue weighted by molar-refractivity contribution is -0.128. The predicted octanol–water partition coefficient (Wildman–Crippen LogP) is 1.56. The highest BCUT2D eigenvalue weighted by atomic mass is 35.5.